The number of nitrogens with one attached hydrogen (secondary N) is 1. The minimum Gasteiger partial charge on any atom is -0.324 e. The van der Waals surface area contributed by atoms with E-state index in [2.05, 4.69) is 5.32 Å². The fourth-order valence-corrected chi connectivity index (χ4v) is 3.15. The number of imide groups is 1. The van der Waals surface area contributed by atoms with Gasteiger partial charge in [-0.3, -0.25) is 18.8 Å². The largest absolute Gasteiger partial charge is 0.329 e. The molecule has 0 atom stereocenters. The van der Waals surface area contributed by atoms with Gasteiger partial charge in [0.2, 0.25) is 0 Å². The summed E-state index contributed by atoms with van der Waals surface area (Å²) in [6.45, 7) is 6.47. The third-order valence-electron chi connectivity index (χ3n) is 4.36. The second-order valence-electron chi connectivity index (χ2n) is 6.59. The van der Waals surface area contributed by atoms with Crippen LogP contribution in [0.5, 0.6) is 0 Å². The standard InChI is InChI=1S/C17H22N4O3/c1-4-9-19-12-7-5-6-8-13(12)20(16(19)24)10-11-21-14(22)17(2,3)18-15(21)23/h5-8H,4,9-11H2,1-3H3,(H,18,23). The highest BCUT2D eigenvalue weighted by molar-refractivity contribution is 6.06. The van der Waals surface area contributed by atoms with Crippen LogP contribution in [0, 0.1) is 0 Å². The molecule has 1 fully saturated rings. The number of carbonyl (C=O) groups is 2. The Hall–Kier alpha value is -2.57. The van der Waals surface area contributed by atoms with Crippen molar-refractivity contribution in [3.8, 4) is 0 Å². The first-order valence-electron chi connectivity index (χ1n) is 8.19. The average Bonchev–Trinajstić information content (AvgIpc) is 2.90. The van der Waals surface area contributed by atoms with E-state index in [1.54, 1.807) is 23.0 Å². The molecule has 0 saturated carbocycles. The second-order valence-corrected chi connectivity index (χ2v) is 6.59. The van der Waals surface area contributed by atoms with Crippen molar-refractivity contribution in [2.75, 3.05) is 6.54 Å². The van der Waals surface area contributed by atoms with E-state index in [9.17, 15) is 14.4 Å². The molecule has 7 nitrogen and oxygen atoms in total. The van der Waals surface area contributed by atoms with E-state index < -0.39 is 11.6 Å². The molecule has 1 saturated heterocycles. The number of imidazole rings is 1. The van der Waals surface area contributed by atoms with E-state index in [1.807, 2.05) is 31.2 Å². The van der Waals surface area contributed by atoms with Crippen LogP contribution in [0.2, 0.25) is 0 Å². The average molecular weight is 330 g/mol. The molecule has 0 bridgehead atoms. The molecule has 0 unspecified atom stereocenters. The molecule has 1 N–H and O–H groups in total. The van der Waals surface area contributed by atoms with Crippen LogP contribution >= 0.6 is 0 Å². The maximum absolute atomic E-state index is 12.7. The molecule has 1 aliphatic heterocycles. The molecule has 0 spiro atoms. The van der Waals surface area contributed by atoms with Crippen LogP contribution < -0.4 is 11.0 Å². The summed E-state index contributed by atoms with van der Waals surface area (Å²) in [5.74, 6) is -0.266. The zero-order valence-corrected chi connectivity index (χ0v) is 14.2. The maximum Gasteiger partial charge on any atom is 0.329 e. The Kier molecular flexibility index (Phi) is 3.95. The highest BCUT2D eigenvalue weighted by Gasteiger charge is 2.43. The number of aromatic nitrogens is 2. The number of benzene rings is 1. The number of para-hydroxylation sites is 2. The Morgan fingerprint density at radius 2 is 1.54 bits per heavy atom. The molecule has 0 radical (unpaired) electrons. The quantitative estimate of drug-likeness (QED) is 0.845. The summed E-state index contributed by atoms with van der Waals surface area (Å²) in [6.07, 6.45) is 0.856. The van der Waals surface area contributed by atoms with Gasteiger partial charge in [0.15, 0.2) is 0 Å². The Balaban J connectivity index is 1.91. The van der Waals surface area contributed by atoms with E-state index in [0.29, 0.717) is 6.54 Å². The molecule has 1 aliphatic rings. The van der Waals surface area contributed by atoms with Gasteiger partial charge in [-0.2, -0.15) is 0 Å². The third-order valence-corrected chi connectivity index (χ3v) is 4.36. The highest BCUT2D eigenvalue weighted by Crippen LogP contribution is 2.17. The summed E-state index contributed by atoms with van der Waals surface area (Å²) in [4.78, 5) is 38.1. The minimum absolute atomic E-state index is 0.107. The summed E-state index contributed by atoms with van der Waals surface area (Å²) in [6, 6.07) is 7.18. The second kappa shape index (κ2) is 5.81. The molecule has 2 heterocycles. The van der Waals surface area contributed by atoms with Gasteiger partial charge in [0.25, 0.3) is 5.91 Å². The smallest absolute Gasteiger partial charge is 0.324 e. The molecule has 0 aliphatic carbocycles. The summed E-state index contributed by atoms with van der Waals surface area (Å²) in [7, 11) is 0. The molecule has 7 heteroatoms. The summed E-state index contributed by atoms with van der Waals surface area (Å²) in [5, 5.41) is 2.65. The number of carbonyl (C=O) groups excluding carboxylic acids is 2. The topological polar surface area (TPSA) is 76.3 Å². The van der Waals surface area contributed by atoms with Gasteiger partial charge in [-0.05, 0) is 32.4 Å². The lowest BCUT2D eigenvalue weighted by Crippen LogP contribution is -2.41. The van der Waals surface area contributed by atoms with Gasteiger partial charge >= 0.3 is 11.7 Å². The normalized spacial score (nSPS) is 16.9. The van der Waals surface area contributed by atoms with Gasteiger partial charge in [-0.1, -0.05) is 19.1 Å². The van der Waals surface area contributed by atoms with Crippen LogP contribution in [0.3, 0.4) is 0 Å². The fourth-order valence-electron chi connectivity index (χ4n) is 3.15. The summed E-state index contributed by atoms with van der Waals surface area (Å²) < 4.78 is 3.38. The number of aryl methyl sites for hydroxylation is 1. The van der Waals surface area contributed by atoms with Crippen LogP contribution in [-0.2, 0) is 17.9 Å². The summed E-state index contributed by atoms with van der Waals surface area (Å²) in [5.41, 5.74) is 0.701. The number of hydrogen-bond donors (Lipinski definition) is 1. The molecule has 1 aromatic carbocycles. The number of urea groups is 1. The van der Waals surface area contributed by atoms with Gasteiger partial charge in [0, 0.05) is 19.6 Å². The number of nitrogens with zero attached hydrogens (tertiary/aromatic N) is 3. The van der Waals surface area contributed by atoms with Gasteiger partial charge in [-0.15, -0.1) is 0 Å². The number of amides is 3. The Bertz CT molecular complexity index is 862. The zero-order chi connectivity index (χ0) is 17.5. The van der Waals surface area contributed by atoms with Gasteiger partial charge in [-0.25, -0.2) is 9.59 Å². The van der Waals surface area contributed by atoms with Crippen molar-refractivity contribution >= 4 is 23.0 Å². The number of fused-ring (bicyclic) bond motifs is 1. The molecule has 3 rings (SSSR count). The first-order valence-corrected chi connectivity index (χ1v) is 8.19. The van der Waals surface area contributed by atoms with E-state index in [1.165, 1.54) is 4.90 Å². The van der Waals surface area contributed by atoms with Crippen molar-refractivity contribution in [3.05, 3.63) is 34.7 Å². The SMILES string of the molecule is CCCn1c(=O)n(CCN2C(=O)NC(C)(C)C2=O)c2ccccc21. The lowest BCUT2D eigenvalue weighted by atomic mass is 10.1. The van der Waals surface area contributed by atoms with Gasteiger partial charge in [0.05, 0.1) is 11.0 Å². The molecule has 2 aromatic rings. The van der Waals surface area contributed by atoms with Crippen molar-refractivity contribution < 1.29 is 9.59 Å². The van der Waals surface area contributed by atoms with Crippen LogP contribution in [0.4, 0.5) is 4.79 Å². The maximum atomic E-state index is 12.7. The molecular weight excluding hydrogens is 308 g/mol. The number of rotatable bonds is 5. The first-order chi connectivity index (χ1) is 11.4. The van der Waals surface area contributed by atoms with Gasteiger partial charge in [0.1, 0.15) is 5.54 Å². The summed E-state index contributed by atoms with van der Waals surface area (Å²) >= 11 is 0. The predicted molar refractivity (Wildman–Crippen MR) is 90.8 cm³/mol. The fraction of sp³-hybridized carbons (Fsp3) is 0.471. The molecule has 1 aromatic heterocycles. The van der Waals surface area contributed by atoms with Crippen LogP contribution in [0.1, 0.15) is 27.2 Å². The lowest BCUT2D eigenvalue weighted by Gasteiger charge is -2.16. The van der Waals surface area contributed by atoms with Crippen LogP contribution in [0.25, 0.3) is 11.0 Å². The van der Waals surface area contributed by atoms with Gasteiger partial charge < -0.3 is 5.32 Å². The highest BCUT2D eigenvalue weighted by atomic mass is 16.2. The van der Waals surface area contributed by atoms with Crippen LogP contribution in [0.15, 0.2) is 29.1 Å². The molecule has 3 amide bonds. The van der Waals surface area contributed by atoms with E-state index in [4.69, 9.17) is 0 Å². The lowest BCUT2D eigenvalue weighted by molar-refractivity contribution is -0.130. The molecular formula is C17H22N4O3. The zero-order valence-electron chi connectivity index (χ0n) is 14.2. The Morgan fingerprint density at radius 3 is 2.04 bits per heavy atom. The Morgan fingerprint density at radius 1 is 0.958 bits per heavy atom. The van der Waals surface area contributed by atoms with E-state index >= 15 is 0 Å². The van der Waals surface area contributed by atoms with Crippen molar-refractivity contribution in [1.29, 1.82) is 0 Å². The van der Waals surface area contributed by atoms with Crippen molar-refractivity contribution in [3.63, 3.8) is 0 Å². The molecule has 128 valence electrons. The molecule has 24 heavy (non-hydrogen) atoms. The monoisotopic (exact) mass is 330 g/mol. The van der Waals surface area contributed by atoms with Crippen LogP contribution in [-0.4, -0.2) is 38.1 Å². The first kappa shape index (κ1) is 16.3. The van der Waals surface area contributed by atoms with Crippen molar-refractivity contribution in [1.82, 2.24) is 19.4 Å². The van der Waals surface area contributed by atoms with Crippen molar-refractivity contribution in [2.45, 2.75) is 45.8 Å². The van der Waals surface area contributed by atoms with E-state index in [-0.39, 0.29) is 24.7 Å². The predicted octanol–water partition coefficient (Wildman–Crippen LogP) is 1.54. The Labute approximate surface area is 139 Å². The van der Waals surface area contributed by atoms with E-state index in [0.717, 1.165) is 17.5 Å². The van der Waals surface area contributed by atoms with Crippen molar-refractivity contribution in [2.24, 2.45) is 0 Å². The number of hydrogen-bond acceptors (Lipinski definition) is 3. The third kappa shape index (κ3) is 2.50. The minimum atomic E-state index is -0.891.